The van der Waals surface area contributed by atoms with E-state index in [1.807, 2.05) is 58.0 Å². The maximum absolute atomic E-state index is 12.0. The molecule has 1 amide bonds. The van der Waals surface area contributed by atoms with Gasteiger partial charge in [0.2, 0.25) is 0 Å². The molecular weight excluding hydrogens is 242 g/mol. The fourth-order valence-electron chi connectivity index (χ4n) is 2.08. The van der Waals surface area contributed by atoms with E-state index in [2.05, 4.69) is 0 Å². The van der Waals surface area contributed by atoms with Gasteiger partial charge in [0.15, 0.2) is 0 Å². The second-order valence-electron chi connectivity index (χ2n) is 5.90. The van der Waals surface area contributed by atoms with Crippen LogP contribution in [0.5, 0.6) is 0 Å². The minimum atomic E-state index is -0.509. The van der Waals surface area contributed by atoms with E-state index < -0.39 is 11.7 Å². The lowest BCUT2D eigenvalue weighted by atomic mass is 10.0. The number of carbonyl (C=O) groups excluding carboxylic acids is 1. The highest BCUT2D eigenvalue weighted by Crippen LogP contribution is 2.33. The molecule has 1 aromatic rings. The Hall–Kier alpha value is -1.55. The highest BCUT2D eigenvalue weighted by Gasteiger charge is 2.37. The van der Waals surface area contributed by atoms with Gasteiger partial charge >= 0.3 is 6.09 Å². The summed E-state index contributed by atoms with van der Waals surface area (Å²) >= 11 is 0. The molecule has 0 aliphatic carbocycles. The highest BCUT2D eigenvalue weighted by molar-refractivity contribution is 5.67. The zero-order valence-corrected chi connectivity index (χ0v) is 11.9. The summed E-state index contributed by atoms with van der Waals surface area (Å²) in [5, 5.41) is 1.35. The van der Waals surface area contributed by atoms with Gasteiger partial charge in [0, 0.05) is 6.42 Å². The van der Waals surface area contributed by atoms with Gasteiger partial charge < -0.3 is 4.74 Å². The number of hydrogen-bond acceptors (Lipinski definition) is 3. The molecule has 1 saturated heterocycles. The first-order valence-corrected chi connectivity index (χ1v) is 6.61. The van der Waals surface area contributed by atoms with Gasteiger partial charge in [-0.1, -0.05) is 30.3 Å². The zero-order chi connectivity index (χ0) is 14.0. The van der Waals surface area contributed by atoms with Crippen LogP contribution in [0.15, 0.2) is 30.3 Å². The van der Waals surface area contributed by atoms with Crippen molar-refractivity contribution in [1.29, 1.82) is 0 Å². The third-order valence-electron chi connectivity index (χ3n) is 2.94. The van der Waals surface area contributed by atoms with Gasteiger partial charge in [0.25, 0.3) is 0 Å². The third kappa shape index (κ3) is 3.47. The summed E-state index contributed by atoms with van der Waals surface area (Å²) in [5.41, 5.74) is 0.575. The monoisotopic (exact) mass is 263 g/mol. The van der Waals surface area contributed by atoms with Gasteiger partial charge in [-0.15, -0.1) is 0 Å². The molecule has 0 saturated carbocycles. The van der Waals surface area contributed by atoms with Crippen molar-refractivity contribution in [3.05, 3.63) is 35.9 Å². The van der Waals surface area contributed by atoms with Gasteiger partial charge in [0.1, 0.15) is 11.7 Å². The minimum absolute atomic E-state index is 0.0139. The average molecular weight is 263 g/mol. The Morgan fingerprint density at radius 3 is 2.53 bits per heavy atom. The van der Waals surface area contributed by atoms with Crippen LogP contribution in [0, 0.1) is 0 Å². The van der Waals surface area contributed by atoms with Gasteiger partial charge in [-0.3, -0.25) is 4.84 Å². The van der Waals surface area contributed by atoms with Crippen molar-refractivity contribution in [3.8, 4) is 0 Å². The van der Waals surface area contributed by atoms with Gasteiger partial charge in [-0.25, -0.2) is 4.79 Å². The molecule has 0 bridgehead atoms. The van der Waals surface area contributed by atoms with Crippen LogP contribution in [0.3, 0.4) is 0 Å². The van der Waals surface area contributed by atoms with E-state index in [1.165, 1.54) is 5.06 Å². The summed E-state index contributed by atoms with van der Waals surface area (Å²) in [6, 6.07) is 9.94. The molecule has 1 aliphatic rings. The van der Waals surface area contributed by atoms with Crippen molar-refractivity contribution in [3.63, 3.8) is 0 Å². The van der Waals surface area contributed by atoms with E-state index in [0.717, 1.165) is 12.0 Å². The van der Waals surface area contributed by atoms with Crippen LogP contribution in [-0.2, 0) is 9.57 Å². The third-order valence-corrected chi connectivity index (χ3v) is 2.94. The predicted octanol–water partition coefficient (Wildman–Crippen LogP) is 3.69. The van der Waals surface area contributed by atoms with Crippen molar-refractivity contribution in [1.82, 2.24) is 5.06 Å². The number of rotatable bonds is 1. The molecular formula is C15H21NO3. The average Bonchev–Trinajstić information content (AvgIpc) is 2.70. The Bertz CT molecular complexity index is 438. The zero-order valence-electron chi connectivity index (χ0n) is 11.9. The van der Waals surface area contributed by atoms with Crippen LogP contribution in [0.2, 0.25) is 0 Å². The molecule has 0 N–H and O–H groups in total. The second kappa shape index (κ2) is 5.21. The lowest BCUT2D eigenvalue weighted by Gasteiger charge is -2.25. The molecule has 1 heterocycles. The number of carbonyl (C=O) groups is 1. The van der Waals surface area contributed by atoms with E-state index in [1.54, 1.807) is 0 Å². The molecule has 104 valence electrons. The van der Waals surface area contributed by atoms with Crippen LogP contribution in [-0.4, -0.2) is 22.8 Å². The van der Waals surface area contributed by atoms with Crippen molar-refractivity contribution in [2.24, 2.45) is 0 Å². The van der Waals surface area contributed by atoms with E-state index in [0.29, 0.717) is 0 Å². The quantitative estimate of drug-likeness (QED) is 0.775. The first-order valence-electron chi connectivity index (χ1n) is 6.61. The lowest BCUT2D eigenvalue weighted by Crippen LogP contribution is -2.37. The number of nitrogens with zero attached hydrogens (tertiary/aromatic N) is 1. The topological polar surface area (TPSA) is 38.8 Å². The fraction of sp³-hybridized carbons (Fsp3) is 0.533. The van der Waals surface area contributed by atoms with Crippen molar-refractivity contribution < 1.29 is 14.4 Å². The van der Waals surface area contributed by atoms with E-state index in [4.69, 9.17) is 9.57 Å². The Labute approximate surface area is 114 Å². The summed E-state index contributed by atoms with van der Waals surface area (Å²) in [7, 11) is 0. The van der Waals surface area contributed by atoms with Gasteiger partial charge in [-0.2, -0.15) is 5.06 Å². The molecule has 1 aromatic carbocycles. The molecule has 1 fully saturated rings. The first-order chi connectivity index (χ1) is 8.87. The minimum Gasteiger partial charge on any atom is -0.442 e. The van der Waals surface area contributed by atoms with E-state index >= 15 is 0 Å². The normalized spacial score (nSPS) is 23.5. The Balaban J connectivity index is 2.04. The largest absolute Gasteiger partial charge is 0.442 e. The maximum Gasteiger partial charge on any atom is 0.434 e. The van der Waals surface area contributed by atoms with Crippen molar-refractivity contribution in [2.75, 3.05) is 0 Å². The number of hydrogen-bond donors (Lipinski definition) is 0. The highest BCUT2D eigenvalue weighted by atomic mass is 16.7. The van der Waals surface area contributed by atoms with Crippen LogP contribution in [0.25, 0.3) is 0 Å². The number of hydroxylamine groups is 2. The summed E-state index contributed by atoms with van der Waals surface area (Å²) in [5.74, 6) is 0. The SMILES string of the molecule is C[C@H]1C[C@@H](c2ccccc2)ON1C(=O)OC(C)(C)C. The van der Waals surface area contributed by atoms with Crippen LogP contribution >= 0.6 is 0 Å². The number of amides is 1. The summed E-state index contributed by atoms with van der Waals surface area (Å²) in [6.45, 7) is 7.51. The number of ether oxygens (including phenoxy) is 1. The standard InChI is InChI=1S/C15H21NO3/c1-11-10-13(12-8-6-5-7-9-12)19-16(11)14(17)18-15(2,3)4/h5-9,11,13H,10H2,1-4H3/t11-,13-/m0/s1. The maximum atomic E-state index is 12.0. The Kier molecular flexibility index (Phi) is 3.80. The number of benzene rings is 1. The fourth-order valence-corrected chi connectivity index (χ4v) is 2.08. The van der Waals surface area contributed by atoms with Crippen LogP contribution in [0.4, 0.5) is 4.79 Å². The molecule has 2 rings (SSSR count). The lowest BCUT2D eigenvalue weighted by molar-refractivity contribution is -0.149. The van der Waals surface area contributed by atoms with Gasteiger partial charge in [-0.05, 0) is 33.3 Å². The molecule has 0 aromatic heterocycles. The van der Waals surface area contributed by atoms with Crippen molar-refractivity contribution in [2.45, 2.75) is 51.9 Å². The summed E-state index contributed by atoms with van der Waals surface area (Å²) in [4.78, 5) is 17.8. The smallest absolute Gasteiger partial charge is 0.434 e. The summed E-state index contributed by atoms with van der Waals surface area (Å²) < 4.78 is 5.34. The molecule has 0 spiro atoms. The molecule has 19 heavy (non-hydrogen) atoms. The summed E-state index contributed by atoms with van der Waals surface area (Å²) in [6.07, 6.45) is 0.283. The van der Waals surface area contributed by atoms with E-state index in [-0.39, 0.29) is 12.1 Å². The molecule has 1 aliphatic heterocycles. The first kappa shape index (κ1) is 13.9. The molecule has 4 heteroatoms. The van der Waals surface area contributed by atoms with Crippen LogP contribution < -0.4 is 0 Å². The molecule has 2 atom stereocenters. The van der Waals surface area contributed by atoms with Gasteiger partial charge in [0.05, 0.1) is 6.04 Å². The van der Waals surface area contributed by atoms with Crippen LogP contribution in [0.1, 0.15) is 45.8 Å². The van der Waals surface area contributed by atoms with E-state index in [9.17, 15) is 4.79 Å². The molecule has 0 radical (unpaired) electrons. The Morgan fingerprint density at radius 1 is 1.32 bits per heavy atom. The predicted molar refractivity (Wildman–Crippen MR) is 72.4 cm³/mol. The second-order valence-corrected chi connectivity index (χ2v) is 5.90. The molecule has 0 unspecified atom stereocenters. The Morgan fingerprint density at radius 2 is 1.95 bits per heavy atom. The van der Waals surface area contributed by atoms with Crippen molar-refractivity contribution >= 4 is 6.09 Å². The molecule has 4 nitrogen and oxygen atoms in total.